The van der Waals surface area contributed by atoms with E-state index in [4.69, 9.17) is 0 Å². The van der Waals surface area contributed by atoms with E-state index < -0.39 is 0 Å². The van der Waals surface area contributed by atoms with Crippen LogP contribution in [-0.2, 0) is 9.59 Å². The molecule has 1 heterocycles. The van der Waals surface area contributed by atoms with E-state index in [9.17, 15) is 9.59 Å². The zero-order valence-electron chi connectivity index (χ0n) is 16.5. The van der Waals surface area contributed by atoms with Crippen LogP contribution in [-0.4, -0.2) is 33.8 Å². The van der Waals surface area contributed by atoms with E-state index in [0.717, 1.165) is 24.9 Å². The van der Waals surface area contributed by atoms with Crippen LogP contribution < -0.4 is 10.2 Å². The minimum Gasteiger partial charge on any atom is -0.325 e. The van der Waals surface area contributed by atoms with Gasteiger partial charge in [-0.15, -0.1) is 10.2 Å². The number of carbonyl (C=O) groups excluding carboxylic acids is 2. The Morgan fingerprint density at radius 3 is 2.57 bits per heavy atom. The topological polar surface area (TPSA) is 75.2 Å². The molecule has 0 spiro atoms. The summed E-state index contributed by atoms with van der Waals surface area (Å²) in [4.78, 5) is 26.2. The van der Waals surface area contributed by atoms with E-state index in [2.05, 4.69) is 41.5 Å². The van der Waals surface area contributed by atoms with E-state index >= 15 is 0 Å². The second kappa shape index (κ2) is 9.52. The van der Waals surface area contributed by atoms with Crippen molar-refractivity contribution in [3.8, 4) is 0 Å². The van der Waals surface area contributed by atoms with Gasteiger partial charge in [0.15, 0.2) is 4.34 Å². The molecule has 0 saturated heterocycles. The summed E-state index contributed by atoms with van der Waals surface area (Å²) >= 11 is 2.72. The molecule has 1 aromatic carbocycles. The molecule has 0 unspecified atom stereocenters. The van der Waals surface area contributed by atoms with Gasteiger partial charge in [-0.25, -0.2) is 0 Å². The van der Waals surface area contributed by atoms with Crippen molar-refractivity contribution in [2.24, 2.45) is 0 Å². The lowest BCUT2D eigenvalue weighted by atomic mass is 9.99. The number of aromatic nitrogens is 2. The molecule has 1 N–H and O–H groups in total. The maximum atomic E-state index is 12.2. The van der Waals surface area contributed by atoms with Gasteiger partial charge < -0.3 is 5.32 Å². The summed E-state index contributed by atoms with van der Waals surface area (Å²) in [7, 11) is 0. The molecule has 2 aromatic rings. The molecule has 1 saturated carbocycles. The molecule has 1 aliphatic carbocycles. The third kappa shape index (κ3) is 5.32. The lowest BCUT2D eigenvalue weighted by molar-refractivity contribution is -0.118. The molecule has 1 atom stereocenters. The number of rotatable bonds is 9. The number of hydrogen-bond acceptors (Lipinski definition) is 6. The quantitative estimate of drug-likeness (QED) is 0.472. The van der Waals surface area contributed by atoms with Crippen LogP contribution >= 0.6 is 23.1 Å². The van der Waals surface area contributed by atoms with Gasteiger partial charge in [0.1, 0.15) is 0 Å². The Morgan fingerprint density at radius 1 is 1.25 bits per heavy atom. The second-order valence-corrected chi connectivity index (χ2v) is 9.15. The number of thioether (sulfide) groups is 1. The van der Waals surface area contributed by atoms with Crippen LogP contribution in [0.1, 0.15) is 57.9 Å². The first-order valence-electron chi connectivity index (χ1n) is 9.70. The van der Waals surface area contributed by atoms with Crippen LogP contribution in [0.5, 0.6) is 0 Å². The van der Waals surface area contributed by atoms with Gasteiger partial charge in [0.05, 0.1) is 5.75 Å². The number of carbonyl (C=O) groups is 2. The van der Waals surface area contributed by atoms with Crippen LogP contribution in [0.4, 0.5) is 10.8 Å². The molecule has 0 aliphatic heterocycles. The third-order valence-electron chi connectivity index (χ3n) is 4.79. The van der Waals surface area contributed by atoms with Crippen LogP contribution in [0.15, 0.2) is 28.6 Å². The Bertz CT molecular complexity index is 818. The summed E-state index contributed by atoms with van der Waals surface area (Å²) in [5, 5.41) is 11.9. The molecule has 28 heavy (non-hydrogen) atoms. The molecule has 150 valence electrons. The maximum Gasteiger partial charge on any atom is 0.234 e. The van der Waals surface area contributed by atoms with Crippen molar-refractivity contribution in [1.29, 1.82) is 0 Å². The monoisotopic (exact) mass is 418 g/mol. The minimum absolute atomic E-state index is 0.0776. The number of nitrogens with zero attached hydrogens (tertiary/aromatic N) is 3. The minimum atomic E-state index is -0.0817. The highest BCUT2D eigenvalue weighted by molar-refractivity contribution is 8.01. The highest BCUT2D eigenvalue weighted by Crippen LogP contribution is 2.36. The Kier molecular flexibility index (Phi) is 7.07. The Balaban J connectivity index is 1.52. The molecular formula is C20H26N4O2S2. The molecule has 2 amide bonds. The zero-order valence-corrected chi connectivity index (χ0v) is 18.1. The van der Waals surface area contributed by atoms with Crippen molar-refractivity contribution in [3.05, 3.63) is 29.8 Å². The Morgan fingerprint density at radius 2 is 1.96 bits per heavy atom. The number of nitrogens with one attached hydrogen (secondary N) is 1. The van der Waals surface area contributed by atoms with Gasteiger partial charge in [-0.2, -0.15) is 0 Å². The van der Waals surface area contributed by atoms with Gasteiger partial charge in [-0.1, -0.05) is 56.0 Å². The van der Waals surface area contributed by atoms with Gasteiger partial charge in [-0.05, 0) is 42.9 Å². The molecule has 6 nitrogen and oxygen atoms in total. The van der Waals surface area contributed by atoms with E-state index in [1.165, 1.54) is 28.7 Å². The van der Waals surface area contributed by atoms with Crippen LogP contribution in [0.3, 0.4) is 0 Å². The van der Waals surface area contributed by atoms with E-state index in [1.807, 2.05) is 19.1 Å². The summed E-state index contributed by atoms with van der Waals surface area (Å²) in [5.74, 6) is 0.768. The summed E-state index contributed by atoms with van der Waals surface area (Å²) in [6.07, 6.45) is 3.59. The number of anilines is 2. The van der Waals surface area contributed by atoms with Gasteiger partial charge in [-0.3, -0.25) is 14.5 Å². The molecule has 1 fully saturated rings. The smallest absolute Gasteiger partial charge is 0.234 e. The highest BCUT2D eigenvalue weighted by atomic mass is 32.2. The first-order valence-corrected chi connectivity index (χ1v) is 11.5. The van der Waals surface area contributed by atoms with E-state index in [-0.39, 0.29) is 23.6 Å². The van der Waals surface area contributed by atoms with Crippen molar-refractivity contribution < 1.29 is 9.59 Å². The first-order chi connectivity index (χ1) is 13.5. The average Bonchev–Trinajstić information content (AvgIpc) is 3.43. The van der Waals surface area contributed by atoms with Crippen molar-refractivity contribution >= 4 is 45.7 Å². The van der Waals surface area contributed by atoms with Gasteiger partial charge in [0.25, 0.3) is 0 Å². The number of benzene rings is 1. The molecular weight excluding hydrogens is 392 g/mol. The van der Waals surface area contributed by atoms with Crippen molar-refractivity contribution in [1.82, 2.24) is 10.2 Å². The SMILES string of the molecule is CCC(=O)N(c1nnc(SCC(=O)Nc2ccc([C@@H](C)CC)cc2)s1)C1CC1. The van der Waals surface area contributed by atoms with Gasteiger partial charge in [0.2, 0.25) is 16.9 Å². The standard InChI is InChI=1S/C20H26N4O2S2/c1-4-13(3)14-6-8-15(9-7-14)21-17(25)12-27-20-23-22-19(28-20)24(16-10-11-16)18(26)5-2/h6-9,13,16H,4-5,10-12H2,1-3H3,(H,21,25)/t13-/m0/s1. The van der Waals surface area contributed by atoms with Crippen LogP contribution in [0.25, 0.3) is 0 Å². The fourth-order valence-electron chi connectivity index (χ4n) is 2.78. The van der Waals surface area contributed by atoms with Gasteiger partial charge >= 0.3 is 0 Å². The Labute approximate surface area is 174 Å². The lowest BCUT2D eigenvalue weighted by Gasteiger charge is -2.17. The maximum absolute atomic E-state index is 12.2. The largest absolute Gasteiger partial charge is 0.325 e. The van der Waals surface area contributed by atoms with Crippen molar-refractivity contribution in [3.63, 3.8) is 0 Å². The molecule has 3 rings (SSSR count). The zero-order chi connectivity index (χ0) is 20.1. The molecule has 1 aromatic heterocycles. The Hall–Kier alpha value is -1.93. The summed E-state index contributed by atoms with van der Waals surface area (Å²) < 4.78 is 0.701. The average molecular weight is 419 g/mol. The van der Waals surface area contributed by atoms with Crippen molar-refractivity contribution in [2.75, 3.05) is 16.0 Å². The van der Waals surface area contributed by atoms with E-state index in [0.29, 0.717) is 21.8 Å². The highest BCUT2D eigenvalue weighted by Gasteiger charge is 2.35. The fraction of sp³-hybridized carbons (Fsp3) is 0.500. The molecule has 1 aliphatic rings. The third-order valence-corrected chi connectivity index (χ3v) is 6.84. The van der Waals surface area contributed by atoms with E-state index in [1.54, 1.807) is 4.90 Å². The second-order valence-electron chi connectivity index (χ2n) is 6.97. The number of amides is 2. The van der Waals surface area contributed by atoms with Crippen LogP contribution in [0, 0.1) is 0 Å². The van der Waals surface area contributed by atoms with Crippen LogP contribution in [0.2, 0.25) is 0 Å². The number of hydrogen-bond donors (Lipinski definition) is 1. The van der Waals surface area contributed by atoms with Gasteiger partial charge in [0, 0.05) is 18.2 Å². The lowest BCUT2D eigenvalue weighted by Crippen LogP contribution is -2.32. The van der Waals surface area contributed by atoms with Crippen molar-refractivity contribution in [2.45, 2.75) is 62.8 Å². The summed E-state index contributed by atoms with van der Waals surface area (Å²) in [5.41, 5.74) is 2.07. The fourth-order valence-corrected chi connectivity index (χ4v) is 4.51. The summed E-state index contributed by atoms with van der Waals surface area (Å²) in [6.45, 7) is 6.21. The first kappa shape index (κ1) is 20.8. The summed E-state index contributed by atoms with van der Waals surface area (Å²) in [6, 6.07) is 8.27. The predicted molar refractivity (Wildman–Crippen MR) is 115 cm³/mol. The molecule has 8 heteroatoms. The normalized spacial score (nSPS) is 14.5. The molecule has 0 radical (unpaired) electrons. The molecule has 0 bridgehead atoms. The predicted octanol–water partition coefficient (Wildman–Crippen LogP) is 4.69.